The Morgan fingerprint density at radius 3 is 3.00 bits per heavy atom. The number of benzene rings is 1. The molecule has 0 spiro atoms. The average molecular weight is 321 g/mol. The van der Waals surface area contributed by atoms with Crippen LogP contribution in [0, 0.1) is 0 Å². The van der Waals surface area contributed by atoms with Crippen LogP contribution in [0.2, 0.25) is 0 Å². The number of fused-ring (bicyclic) bond motifs is 1. The normalized spacial score (nSPS) is 10.9. The zero-order valence-corrected chi connectivity index (χ0v) is 11.7. The van der Waals surface area contributed by atoms with Gasteiger partial charge in [0.25, 0.3) is 5.56 Å². The van der Waals surface area contributed by atoms with Gasteiger partial charge < -0.3 is 0 Å². The van der Waals surface area contributed by atoms with Crippen LogP contribution in [0.1, 0.15) is 5.56 Å². The SMILES string of the molecule is O=c1c2ccc(Br)cc2ncn1Cc1ccsc1. The molecule has 0 atom stereocenters. The standard InChI is InChI=1S/C13H9BrN2OS/c14-10-1-2-11-12(5-10)15-8-16(13(11)17)6-9-3-4-18-7-9/h1-5,7-8H,6H2. The highest BCUT2D eigenvalue weighted by molar-refractivity contribution is 9.10. The molecule has 18 heavy (non-hydrogen) atoms. The monoisotopic (exact) mass is 320 g/mol. The second kappa shape index (κ2) is 4.66. The second-order valence-corrected chi connectivity index (χ2v) is 5.67. The molecule has 0 aliphatic carbocycles. The number of aromatic nitrogens is 2. The van der Waals surface area contributed by atoms with Crippen LogP contribution < -0.4 is 5.56 Å². The number of hydrogen-bond acceptors (Lipinski definition) is 3. The van der Waals surface area contributed by atoms with E-state index in [1.165, 1.54) is 0 Å². The number of thiophene rings is 1. The first-order valence-corrected chi connectivity index (χ1v) is 7.13. The van der Waals surface area contributed by atoms with Crippen molar-refractivity contribution in [2.45, 2.75) is 6.54 Å². The van der Waals surface area contributed by atoms with Gasteiger partial charge in [0.05, 0.1) is 23.8 Å². The lowest BCUT2D eigenvalue weighted by atomic mass is 10.2. The minimum atomic E-state index is -0.00120. The Morgan fingerprint density at radius 1 is 1.33 bits per heavy atom. The van der Waals surface area contributed by atoms with Crippen LogP contribution in [0.25, 0.3) is 10.9 Å². The van der Waals surface area contributed by atoms with E-state index < -0.39 is 0 Å². The van der Waals surface area contributed by atoms with Gasteiger partial charge >= 0.3 is 0 Å². The lowest BCUT2D eigenvalue weighted by Gasteiger charge is -2.05. The molecule has 0 bridgehead atoms. The molecular formula is C13H9BrN2OS. The van der Waals surface area contributed by atoms with E-state index >= 15 is 0 Å². The van der Waals surface area contributed by atoms with Gasteiger partial charge in [0, 0.05) is 4.47 Å². The highest BCUT2D eigenvalue weighted by Gasteiger charge is 2.05. The Balaban J connectivity index is 2.12. The highest BCUT2D eigenvalue weighted by Crippen LogP contribution is 2.15. The number of halogens is 1. The summed E-state index contributed by atoms with van der Waals surface area (Å²) in [6.45, 7) is 0.571. The Hall–Kier alpha value is -1.46. The lowest BCUT2D eigenvalue weighted by molar-refractivity contribution is 0.750. The third-order valence-electron chi connectivity index (χ3n) is 2.72. The van der Waals surface area contributed by atoms with Crippen molar-refractivity contribution in [3.63, 3.8) is 0 Å². The van der Waals surface area contributed by atoms with Gasteiger partial charge in [-0.25, -0.2) is 4.98 Å². The van der Waals surface area contributed by atoms with E-state index in [9.17, 15) is 4.79 Å². The summed E-state index contributed by atoms with van der Waals surface area (Å²) in [6, 6.07) is 7.54. The smallest absolute Gasteiger partial charge is 0.261 e. The fourth-order valence-corrected chi connectivity index (χ4v) is 2.83. The van der Waals surface area contributed by atoms with Crippen LogP contribution in [0.3, 0.4) is 0 Å². The molecule has 90 valence electrons. The number of nitrogens with zero attached hydrogens (tertiary/aromatic N) is 2. The maximum atomic E-state index is 12.3. The van der Waals surface area contributed by atoms with Crippen LogP contribution in [-0.2, 0) is 6.54 Å². The van der Waals surface area contributed by atoms with Crippen molar-refractivity contribution in [3.8, 4) is 0 Å². The summed E-state index contributed by atoms with van der Waals surface area (Å²) < 4.78 is 2.57. The molecule has 3 aromatic rings. The molecule has 1 aromatic carbocycles. The first kappa shape index (κ1) is 11.6. The summed E-state index contributed by atoms with van der Waals surface area (Å²) in [5.41, 5.74) is 1.84. The molecule has 0 N–H and O–H groups in total. The lowest BCUT2D eigenvalue weighted by Crippen LogP contribution is -2.20. The molecule has 0 saturated carbocycles. The molecule has 2 aromatic heterocycles. The van der Waals surface area contributed by atoms with E-state index in [1.807, 2.05) is 29.0 Å². The molecule has 3 nitrogen and oxygen atoms in total. The Morgan fingerprint density at radius 2 is 2.22 bits per heavy atom. The minimum Gasteiger partial charge on any atom is -0.294 e. The van der Waals surface area contributed by atoms with Gasteiger partial charge in [0.2, 0.25) is 0 Å². The van der Waals surface area contributed by atoms with Gasteiger partial charge in [-0.1, -0.05) is 15.9 Å². The zero-order valence-electron chi connectivity index (χ0n) is 9.34. The summed E-state index contributed by atoms with van der Waals surface area (Å²) in [5.74, 6) is 0. The fourth-order valence-electron chi connectivity index (χ4n) is 1.82. The Kier molecular flexibility index (Phi) is 3.01. The molecule has 0 amide bonds. The summed E-state index contributed by atoms with van der Waals surface area (Å²) in [6.07, 6.45) is 1.61. The maximum absolute atomic E-state index is 12.3. The first-order valence-electron chi connectivity index (χ1n) is 5.40. The van der Waals surface area contributed by atoms with Crippen LogP contribution in [-0.4, -0.2) is 9.55 Å². The largest absolute Gasteiger partial charge is 0.294 e. The molecule has 0 aliphatic rings. The van der Waals surface area contributed by atoms with Crippen molar-refractivity contribution < 1.29 is 0 Å². The van der Waals surface area contributed by atoms with Crippen LogP contribution in [0.5, 0.6) is 0 Å². The molecule has 2 heterocycles. The molecule has 5 heteroatoms. The Bertz CT molecular complexity index is 749. The average Bonchev–Trinajstić information content (AvgIpc) is 2.85. The van der Waals surface area contributed by atoms with Crippen molar-refractivity contribution in [2.24, 2.45) is 0 Å². The van der Waals surface area contributed by atoms with Crippen LogP contribution >= 0.6 is 27.3 Å². The zero-order chi connectivity index (χ0) is 12.5. The molecule has 0 aliphatic heterocycles. The van der Waals surface area contributed by atoms with E-state index in [1.54, 1.807) is 28.3 Å². The molecule has 0 radical (unpaired) electrons. The van der Waals surface area contributed by atoms with E-state index in [4.69, 9.17) is 0 Å². The predicted molar refractivity (Wildman–Crippen MR) is 77.1 cm³/mol. The van der Waals surface area contributed by atoms with Crippen LogP contribution in [0.4, 0.5) is 0 Å². The first-order chi connectivity index (χ1) is 8.74. The molecule has 3 rings (SSSR count). The van der Waals surface area contributed by atoms with Gasteiger partial charge in [-0.3, -0.25) is 9.36 Å². The van der Waals surface area contributed by atoms with Gasteiger partial charge in [-0.15, -0.1) is 0 Å². The van der Waals surface area contributed by atoms with E-state index in [2.05, 4.69) is 20.9 Å². The van der Waals surface area contributed by atoms with Gasteiger partial charge in [-0.05, 0) is 40.6 Å². The molecule has 0 saturated heterocycles. The summed E-state index contributed by atoms with van der Waals surface area (Å²) >= 11 is 5.00. The minimum absolute atomic E-state index is 0.00120. The molecule has 0 unspecified atom stereocenters. The number of rotatable bonds is 2. The topological polar surface area (TPSA) is 34.9 Å². The number of hydrogen-bond donors (Lipinski definition) is 0. The molecule has 0 fully saturated rings. The summed E-state index contributed by atoms with van der Waals surface area (Å²) in [7, 11) is 0. The third kappa shape index (κ3) is 2.11. The Labute approximate surface area is 116 Å². The summed E-state index contributed by atoms with van der Waals surface area (Å²) in [5, 5.41) is 4.69. The quantitative estimate of drug-likeness (QED) is 0.726. The van der Waals surface area contributed by atoms with Crippen molar-refractivity contribution in [1.29, 1.82) is 0 Å². The van der Waals surface area contributed by atoms with Crippen LogP contribution in [0.15, 0.2) is 50.6 Å². The second-order valence-electron chi connectivity index (χ2n) is 3.97. The van der Waals surface area contributed by atoms with Crippen molar-refractivity contribution in [2.75, 3.05) is 0 Å². The summed E-state index contributed by atoms with van der Waals surface area (Å²) in [4.78, 5) is 16.6. The van der Waals surface area contributed by atoms with Gasteiger partial charge in [-0.2, -0.15) is 11.3 Å². The predicted octanol–water partition coefficient (Wildman–Crippen LogP) is 3.27. The fraction of sp³-hybridized carbons (Fsp3) is 0.0769. The van der Waals surface area contributed by atoms with Gasteiger partial charge in [0.1, 0.15) is 0 Å². The van der Waals surface area contributed by atoms with Crippen molar-refractivity contribution in [1.82, 2.24) is 9.55 Å². The van der Waals surface area contributed by atoms with E-state index in [0.717, 1.165) is 15.6 Å². The third-order valence-corrected chi connectivity index (χ3v) is 3.95. The maximum Gasteiger partial charge on any atom is 0.261 e. The molecular weight excluding hydrogens is 312 g/mol. The van der Waals surface area contributed by atoms with Crippen molar-refractivity contribution in [3.05, 3.63) is 61.7 Å². The highest BCUT2D eigenvalue weighted by atomic mass is 79.9. The van der Waals surface area contributed by atoms with Crippen molar-refractivity contribution >= 4 is 38.2 Å². The van der Waals surface area contributed by atoms with E-state index in [0.29, 0.717) is 11.9 Å². The van der Waals surface area contributed by atoms with E-state index in [-0.39, 0.29) is 5.56 Å². The van der Waals surface area contributed by atoms with Gasteiger partial charge in [0.15, 0.2) is 0 Å².